The number of carbonyl (C=O) groups excluding carboxylic acids is 2. The lowest BCUT2D eigenvalue weighted by Gasteiger charge is -2.16. The molecule has 3 aromatic rings. The summed E-state index contributed by atoms with van der Waals surface area (Å²) in [4.78, 5) is 29.6. The first-order chi connectivity index (χ1) is 13.5. The highest BCUT2D eigenvalue weighted by Crippen LogP contribution is 2.27. The summed E-state index contributed by atoms with van der Waals surface area (Å²) in [7, 11) is 1.31. The topological polar surface area (TPSA) is 94.3 Å². The molecule has 1 N–H and O–H groups in total. The molecule has 2 heterocycles. The molecule has 28 heavy (non-hydrogen) atoms. The third-order valence-electron chi connectivity index (χ3n) is 4.33. The summed E-state index contributed by atoms with van der Waals surface area (Å²) in [5.74, 6) is -0.154. The van der Waals surface area contributed by atoms with Gasteiger partial charge in [-0.15, -0.1) is 0 Å². The Hall–Kier alpha value is -2.87. The van der Waals surface area contributed by atoms with Crippen LogP contribution in [0.25, 0.3) is 22.4 Å². The summed E-state index contributed by atoms with van der Waals surface area (Å²) < 4.78 is 10.1. The lowest BCUT2D eigenvalue weighted by molar-refractivity contribution is -0.142. The first kappa shape index (κ1) is 19.9. The number of hydrogen-bond acceptors (Lipinski definition) is 7. The summed E-state index contributed by atoms with van der Waals surface area (Å²) in [5, 5.41) is 7.26. The minimum atomic E-state index is -0.728. The number of hydrogen-bond donors (Lipinski definition) is 1. The number of amides is 1. The fourth-order valence-electron chi connectivity index (χ4n) is 2.89. The van der Waals surface area contributed by atoms with Gasteiger partial charge in [0.25, 0.3) is 11.6 Å². The zero-order valence-corrected chi connectivity index (χ0v) is 16.7. The Labute approximate surface area is 166 Å². The van der Waals surface area contributed by atoms with E-state index >= 15 is 0 Å². The number of fused-ring (bicyclic) bond motifs is 1. The second-order valence-electron chi connectivity index (χ2n) is 6.20. The maximum atomic E-state index is 13.1. The molecule has 0 spiro atoms. The van der Waals surface area contributed by atoms with E-state index in [0.717, 1.165) is 5.56 Å². The molecule has 3 rings (SSSR count). The van der Waals surface area contributed by atoms with E-state index < -0.39 is 17.9 Å². The molecule has 0 aliphatic heterocycles. The first-order valence-corrected chi connectivity index (χ1v) is 10.1. The van der Waals surface area contributed by atoms with E-state index in [9.17, 15) is 9.59 Å². The number of nitrogens with one attached hydrogen (secondary N) is 1. The third kappa shape index (κ3) is 4.17. The van der Waals surface area contributed by atoms with Crippen LogP contribution >= 0.6 is 11.8 Å². The van der Waals surface area contributed by atoms with Crippen molar-refractivity contribution in [3.05, 3.63) is 47.7 Å². The van der Waals surface area contributed by atoms with Crippen LogP contribution in [0.1, 0.15) is 22.5 Å². The van der Waals surface area contributed by atoms with Crippen molar-refractivity contribution in [3.63, 3.8) is 0 Å². The number of benzene rings is 1. The quantitative estimate of drug-likeness (QED) is 0.610. The molecule has 146 valence electrons. The van der Waals surface area contributed by atoms with E-state index in [1.807, 2.05) is 36.6 Å². The van der Waals surface area contributed by atoms with Crippen molar-refractivity contribution in [2.75, 3.05) is 19.1 Å². The molecule has 1 atom stereocenters. The van der Waals surface area contributed by atoms with Crippen molar-refractivity contribution in [2.24, 2.45) is 0 Å². The number of methoxy groups -OCH3 is 1. The number of aryl methyl sites for hydroxylation is 1. The molecule has 1 amide bonds. The molecular formula is C20H21N3O4S. The molecule has 0 saturated carbocycles. The minimum absolute atomic E-state index is 0.280. The molecule has 2 aromatic heterocycles. The van der Waals surface area contributed by atoms with Gasteiger partial charge in [0, 0.05) is 5.56 Å². The van der Waals surface area contributed by atoms with E-state index in [4.69, 9.17) is 9.26 Å². The number of carbonyl (C=O) groups is 2. The number of nitrogens with zero attached hydrogens (tertiary/aromatic N) is 2. The molecular weight excluding hydrogens is 378 g/mol. The SMILES string of the molecule is COC(=O)[C@@H](CCSC)NC(=O)c1cc(-c2ccccc2)nc2onc(C)c12. The number of pyridine rings is 1. The van der Waals surface area contributed by atoms with Crippen LogP contribution in [0, 0.1) is 6.92 Å². The molecule has 0 fully saturated rings. The number of ether oxygens (including phenoxy) is 1. The standard InChI is InChI=1S/C20H21N3O4S/c1-12-17-14(18(24)21-15(9-10-28-3)20(25)26-2)11-16(22-19(17)27-23-12)13-7-5-4-6-8-13/h4-8,11,15H,9-10H2,1-3H3,(H,21,24)/t15-/m1/s1. The number of esters is 1. The highest BCUT2D eigenvalue weighted by molar-refractivity contribution is 7.98. The maximum Gasteiger partial charge on any atom is 0.328 e. The Morgan fingerprint density at radius 1 is 1.29 bits per heavy atom. The van der Waals surface area contributed by atoms with Crippen LogP contribution in [0.3, 0.4) is 0 Å². The molecule has 1 aromatic carbocycles. The van der Waals surface area contributed by atoms with Gasteiger partial charge in [0.15, 0.2) is 0 Å². The predicted molar refractivity (Wildman–Crippen MR) is 108 cm³/mol. The van der Waals surface area contributed by atoms with E-state index in [0.29, 0.717) is 34.5 Å². The van der Waals surface area contributed by atoms with Crippen LogP contribution < -0.4 is 5.32 Å². The molecule has 0 unspecified atom stereocenters. The van der Waals surface area contributed by atoms with Crippen LogP contribution in [-0.2, 0) is 9.53 Å². The van der Waals surface area contributed by atoms with Crippen molar-refractivity contribution < 1.29 is 18.8 Å². The zero-order chi connectivity index (χ0) is 20.1. The second-order valence-corrected chi connectivity index (χ2v) is 7.19. The largest absolute Gasteiger partial charge is 0.467 e. The van der Waals surface area contributed by atoms with Crippen molar-refractivity contribution in [2.45, 2.75) is 19.4 Å². The summed E-state index contributed by atoms with van der Waals surface area (Å²) in [6.07, 6.45) is 2.41. The number of aromatic nitrogens is 2. The van der Waals surface area contributed by atoms with E-state index in [2.05, 4.69) is 15.5 Å². The van der Waals surface area contributed by atoms with Gasteiger partial charge in [-0.05, 0) is 31.4 Å². The van der Waals surface area contributed by atoms with Gasteiger partial charge in [-0.25, -0.2) is 9.78 Å². The molecule has 8 heteroatoms. The van der Waals surface area contributed by atoms with Gasteiger partial charge in [0.2, 0.25) is 0 Å². The molecule has 0 radical (unpaired) electrons. The lowest BCUT2D eigenvalue weighted by Crippen LogP contribution is -2.42. The van der Waals surface area contributed by atoms with Crippen molar-refractivity contribution in [1.29, 1.82) is 0 Å². The fraction of sp³-hybridized carbons (Fsp3) is 0.300. The van der Waals surface area contributed by atoms with Gasteiger partial charge in [0.05, 0.1) is 29.4 Å². The fourth-order valence-corrected chi connectivity index (χ4v) is 3.36. The van der Waals surface area contributed by atoms with Crippen LogP contribution in [-0.4, -0.2) is 47.2 Å². The van der Waals surface area contributed by atoms with Gasteiger partial charge in [-0.2, -0.15) is 11.8 Å². The van der Waals surface area contributed by atoms with Crippen LogP contribution in [0.15, 0.2) is 40.9 Å². The summed E-state index contributed by atoms with van der Waals surface area (Å²) in [5.41, 5.74) is 2.64. The van der Waals surface area contributed by atoms with Gasteiger partial charge in [-0.1, -0.05) is 35.5 Å². The Morgan fingerprint density at radius 3 is 2.71 bits per heavy atom. The van der Waals surface area contributed by atoms with Crippen molar-refractivity contribution >= 4 is 34.7 Å². The van der Waals surface area contributed by atoms with Gasteiger partial charge in [0.1, 0.15) is 6.04 Å². The normalized spacial score (nSPS) is 12.0. The Morgan fingerprint density at radius 2 is 2.04 bits per heavy atom. The van der Waals surface area contributed by atoms with Crippen LogP contribution in [0.2, 0.25) is 0 Å². The second kappa shape index (κ2) is 8.88. The first-order valence-electron chi connectivity index (χ1n) is 8.75. The van der Waals surface area contributed by atoms with Gasteiger partial charge >= 0.3 is 5.97 Å². The Balaban J connectivity index is 2.01. The number of thioether (sulfide) groups is 1. The average molecular weight is 399 g/mol. The summed E-state index contributed by atoms with van der Waals surface area (Å²) >= 11 is 1.59. The van der Waals surface area contributed by atoms with E-state index in [1.54, 1.807) is 24.8 Å². The van der Waals surface area contributed by atoms with E-state index in [-0.39, 0.29) is 5.71 Å². The Kier molecular flexibility index (Phi) is 6.30. The monoisotopic (exact) mass is 399 g/mol. The summed E-state index contributed by atoms with van der Waals surface area (Å²) in [6, 6.07) is 10.4. The number of rotatable bonds is 7. The molecule has 7 nitrogen and oxygen atoms in total. The van der Waals surface area contributed by atoms with E-state index in [1.165, 1.54) is 7.11 Å². The van der Waals surface area contributed by atoms with Gasteiger partial charge < -0.3 is 14.6 Å². The molecule has 0 aliphatic carbocycles. The average Bonchev–Trinajstić information content (AvgIpc) is 3.11. The molecule has 0 bridgehead atoms. The minimum Gasteiger partial charge on any atom is -0.467 e. The smallest absolute Gasteiger partial charge is 0.328 e. The summed E-state index contributed by atoms with van der Waals surface area (Å²) in [6.45, 7) is 1.75. The van der Waals surface area contributed by atoms with Crippen molar-refractivity contribution in [1.82, 2.24) is 15.5 Å². The van der Waals surface area contributed by atoms with Crippen LogP contribution in [0.4, 0.5) is 0 Å². The van der Waals surface area contributed by atoms with Gasteiger partial charge in [-0.3, -0.25) is 4.79 Å². The Bertz CT molecular complexity index is 988. The zero-order valence-electron chi connectivity index (χ0n) is 15.9. The molecule has 0 aliphatic rings. The third-order valence-corrected chi connectivity index (χ3v) is 4.98. The predicted octanol–water partition coefficient (Wildman–Crippen LogP) is 3.22. The molecule has 0 saturated heterocycles. The van der Waals surface area contributed by atoms with Crippen molar-refractivity contribution in [3.8, 4) is 11.3 Å². The highest BCUT2D eigenvalue weighted by atomic mass is 32.2. The lowest BCUT2D eigenvalue weighted by atomic mass is 10.0. The maximum absolute atomic E-state index is 13.1. The highest BCUT2D eigenvalue weighted by Gasteiger charge is 2.25. The van der Waals surface area contributed by atoms with Crippen LogP contribution in [0.5, 0.6) is 0 Å².